The fourth-order valence-corrected chi connectivity index (χ4v) is 0.878. The highest BCUT2D eigenvalue weighted by molar-refractivity contribution is 4.78. The van der Waals surface area contributed by atoms with Gasteiger partial charge in [0.15, 0.2) is 0 Å². The van der Waals surface area contributed by atoms with Crippen LogP contribution in [-0.4, -0.2) is 43.2 Å². The van der Waals surface area contributed by atoms with Crippen molar-refractivity contribution in [1.82, 2.24) is 5.32 Å². The quantitative estimate of drug-likeness (QED) is 0.667. The molecule has 6 heteroatoms. The van der Waals surface area contributed by atoms with Gasteiger partial charge >= 0.3 is 6.18 Å². The van der Waals surface area contributed by atoms with Crippen LogP contribution < -0.4 is 5.32 Å². The van der Waals surface area contributed by atoms with Crippen molar-refractivity contribution in [3.8, 4) is 0 Å². The van der Waals surface area contributed by atoms with E-state index in [4.69, 9.17) is 0 Å². The van der Waals surface area contributed by atoms with Crippen LogP contribution in [0.3, 0.4) is 0 Å². The SMILES string of the molecule is CC(C)C(C)(O)CNCCOCC(F)(F)F. The zero-order valence-electron chi connectivity index (χ0n) is 9.90. The lowest BCUT2D eigenvalue weighted by molar-refractivity contribution is -0.173. The minimum atomic E-state index is -4.27. The molecule has 0 fully saturated rings. The summed E-state index contributed by atoms with van der Waals surface area (Å²) in [5, 5.41) is 12.6. The van der Waals surface area contributed by atoms with E-state index >= 15 is 0 Å². The lowest BCUT2D eigenvalue weighted by atomic mass is 9.93. The summed E-state index contributed by atoms with van der Waals surface area (Å²) < 4.78 is 39.4. The molecule has 0 aromatic rings. The number of halogens is 3. The minimum absolute atomic E-state index is 0.0202. The summed E-state index contributed by atoms with van der Waals surface area (Å²) in [7, 11) is 0. The summed E-state index contributed by atoms with van der Waals surface area (Å²) in [6.07, 6.45) is -4.27. The van der Waals surface area contributed by atoms with Gasteiger partial charge < -0.3 is 15.2 Å². The van der Waals surface area contributed by atoms with Gasteiger partial charge in [0, 0.05) is 13.1 Å². The predicted molar refractivity (Wildman–Crippen MR) is 55.2 cm³/mol. The molecule has 1 unspecified atom stereocenters. The highest BCUT2D eigenvalue weighted by Crippen LogP contribution is 2.15. The van der Waals surface area contributed by atoms with Crippen LogP contribution in [-0.2, 0) is 4.74 Å². The topological polar surface area (TPSA) is 41.5 Å². The number of hydrogen-bond donors (Lipinski definition) is 2. The van der Waals surface area contributed by atoms with Gasteiger partial charge in [0.25, 0.3) is 0 Å². The van der Waals surface area contributed by atoms with E-state index in [1.165, 1.54) is 0 Å². The fraction of sp³-hybridized carbons (Fsp3) is 1.00. The summed E-state index contributed by atoms with van der Waals surface area (Å²) in [6, 6.07) is 0. The van der Waals surface area contributed by atoms with Crippen molar-refractivity contribution in [2.24, 2.45) is 5.92 Å². The van der Waals surface area contributed by atoms with Gasteiger partial charge in [-0.25, -0.2) is 0 Å². The van der Waals surface area contributed by atoms with Gasteiger partial charge in [0.05, 0.1) is 12.2 Å². The molecule has 0 aromatic heterocycles. The Labute approximate surface area is 94.0 Å². The Morgan fingerprint density at radius 2 is 1.88 bits per heavy atom. The highest BCUT2D eigenvalue weighted by atomic mass is 19.4. The molecule has 0 radical (unpaired) electrons. The fourth-order valence-electron chi connectivity index (χ4n) is 0.878. The molecule has 0 rings (SSSR count). The summed E-state index contributed by atoms with van der Waals surface area (Å²) in [5.41, 5.74) is -0.857. The average molecular weight is 243 g/mol. The van der Waals surface area contributed by atoms with E-state index in [0.717, 1.165) is 0 Å². The van der Waals surface area contributed by atoms with Gasteiger partial charge in [-0.15, -0.1) is 0 Å². The summed E-state index contributed by atoms with van der Waals surface area (Å²) >= 11 is 0. The molecule has 0 bridgehead atoms. The van der Waals surface area contributed by atoms with Crippen LogP contribution in [0.2, 0.25) is 0 Å². The first-order valence-corrected chi connectivity index (χ1v) is 5.23. The summed E-state index contributed by atoms with van der Waals surface area (Å²) in [6.45, 7) is 4.81. The second kappa shape index (κ2) is 6.42. The number of nitrogens with one attached hydrogen (secondary N) is 1. The average Bonchev–Trinajstić information content (AvgIpc) is 2.09. The van der Waals surface area contributed by atoms with Crippen molar-refractivity contribution in [3.63, 3.8) is 0 Å². The Balaban J connectivity index is 3.48. The third-order valence-corrected chi connectivity index (χ3v) is 2.42. The van der Waals surface area contributed by atoms with Crippen molar-refractivity contribution in [2.45, 2.75) is 32.5 Å². The maximum absolute atomic E-state index is 11.7. The standard InChI is InChI=1S/C10H20F3NO2/c1-8(2)9(3,15)6-14-4-5-16-7-10(11,12)13/h8,14-15H,4-7H2,1-3H3. The summed E-state index contributed by atoms with van der Waals surface area (Å²) in [4.78, 5) is 0. The van der Waals surface area contributed by atoms with Gasteiger partial charge in [-0.1, -0.05) is 13.8 Å². The number of ether oxygens (including phenoxy) is 1. The third-order valence-electron chi connectivity index (χ3n) is 2.42. The van der Waals surface area contributed by atoms with Crippen molar-refractivity contribution in [3.05, 3.63) is 0 Å². The largest absolute Gasteiger partial charge is 0.411 e. The molecule has 3 nitrogen and oxygen atoms in total. The molecule has 0 amide bonds. The molecular formula is C10H20F3NO2. The molecule has 0 heterocycles. The van der Waals surface area contributed by atoms with Crippen LogP contribution in [0, 0.1) is 5.92 Å². The Morgan fingerprint density at radius 3 is 2.31 bits per heavy atom. The monoisotopic (exact) mass is 243 g/mol. The van der Waals surface area contributed by atoms with Crippen LogP contribution in [0.1, 0.15) is 20.8 Å². The van der Waals surface area contributed by atoms with Crippen LogP contribution in [0.15, 0.2) is 0 Å². The highest BCUT2D eigenvalue weighted by Gasteiger charge is 2.27. The van der Waals surface area contributed by atoms with E-state index in [9.17, 15) is 18.3 Å². The lowest BCUT2D eigenvalue weighted by Crippen LogP contribution is -2.43. The predicted octanol–water partition coefficient (Wildman–Crippen LogP) is 1.56. The van der Waals surface area contributed by atoms with Crippen LogP contribution in [0.5, 0.6) is 0 Å². The molecule has 0 saturated heterocycles. The molecule has 0 aliphatic rings. The number of aliphatic hydroxyl groups is 1. The van der Waals surface area contributed by atoms with Crippen molar-refractivity contribution < 1.29 is 23.0 Å². The maximum atomic E-state index is 11.7. The van der Waals surface area contributed by atoms with Gasteiger partial charge in [0.1, 0.15) is 6.61 Å². The number of rotatable bonds is 7. The first-order valence-electron chi connectivity index (χ1n) is 5.23. The van der Waals surface area contributed by atoms with Crippen LogP contribution in [0.4, 0.5) is 13.2 Å². The zero-order chi connectivity index (χ0) is 12.8. The van der Waals surface area contributed by atoms with Gasteiger partial charge in [0.2, 0.25) is 0 Å². The second-order valence-electron chi connectivity index (χ2n) is 4.36. The van der Waals surface area contributed by atoms with Gasteiger partial charge in [-0.05, 0) is 12.8 Å². The lowest BCUT2D eigenvalue weighted by Gasteiger charge is -2.27. The van der Waals surface area contributed by atoms with Crippen molar-refractivity contribution >= 4 is 0 Å². The molecule has 0 aliphatic carbocycles. The number of alkyl halides is 3. The Morgan fingerprint density at radius 1 is 1.31 bits per heavy atom. The van der Waals surface area contributed by atoms with E-state index in [1.807, 2.05) is 13.8 Å². The Bertz CT molecular complexity index is 193. The normalized spacial score (nSPS) is 16.5. The van der Waals surface area contributed by atoms with E-state index < -0.39 is 18.4 Å². The molecule has 2 N–H and O–H groups in total. The minimum Gasteiger partial charge on any atom is -0.389 e. The van der Waals surface area contributed by atoms with E-state index in [0.29, 0.717) is 13.1 Å². The zero-order valence-corrected chi connectivity index (χ0v) is 9.90. The molecule has 98 valence electrons. The molecule has 1 atom stereocenters. The Kier molecular flexibility index (Phi) is 6.28. The molecule has 0 saturated carbocycles. The van der Waals surface area contributed by atoms with Crippen LogP contribution >= 0.6 is 0 Å². The van der Waals surface area contributed by atoms with E-state index in [2.05, 4.69) is 10.1 Å². The van der Waals surface area contributed by atoms with Crippen molar-refractivity contribution in [2.75, 3.05) is 26.3 Å². The molecule has 0 aliphatic heterocycles. The molecule has 0 aromatic carbocycles. The first kappa shape index (κ1) is 15.7. The Hall–Kier alpha value is -0.330. The van der Waals surface area contributed by atoms with Crippen molar-refractivity contribution in [1.29, 1.82) is 0 Å². The second-order valence-corrected chi connectivity index (χ2v) is 4.36. The van der Waals surface area contributed by atoms with Gasteiger partial charge in [-0.3, -0.25) is 0 Å². The number of hydrogen-bond acceptors (Lipinski definition) is 3. The maximum Gasteiger partial charge on any atom is 0.411 e. The third kappa shape index (κ3) is 7.90. The van der Waals surface area contributed by atoms with Gasteiger partial charge in [-0.2, -0.15) is 13.2 Å². The first-order chi connectivity index (χ1) is 7.15. The van der Waals surface area contributed by atoms with E-state index in [-0.39, 0.29) is 12.5 Å². The molecular weight excluding hydrogens is 223 g/mol. The summed E-state index contributed by atoms with van der Waals surface area (Å²) in [5.74, 6) is 0.0797. The molecule has 0 spiro atoms. The molecule has 16 heavy (non-hydrogen) atoms. The van der Waals surface area contributed by atoms with Crippen LogP contribution in [0.25, 0.3) is 0 Å². The smallest absolute Gasteiger partial charge is 0.389 e. The van der Waals surface area contributed by atoms with E-state index in [1.54, 1.807) is 6.92 Å².